The summed E-state index contributed by atoms with van der Waals surface area (Å²) >= 11 is 0. The number of ether oxygens (including phenoxy) is 1. The van der Waals surface area contributed by atoms with Gasteiger partial charge in [0.15, 0.2) is 11.5 Å². The molecule has 4 aromatic heterocycles. The average molecular weight is 708 g/mol. The Labute approximate surface area is 294 Å². The lowest BCUT2D eigenvalue weighted by molar-refractivity contribution is -0.139. The van der Waals surface area contributed by atoms with Gasteiger partial charge in [-0.15, -0.1) is 0 Å². The van der Waals surface area contributed by atoms with Crippen LogP contribution in [-0.2, 0) is 15.7 Å². The van der Waals surface area contributed by atoms with Gasteiger partial charge in [0.2, 0.25) is 0 Å². The van der Waals surface area contributed by atoms with Crippen molar-refractivity contribution in [2.24, 2.45) is 5.41 Å². The highest BCUT2D eigenvalue weighted by Crippen LogP contribution is 2.46. The van der Waals surface area contributed by atoms with Crippen LogP contribution in [0.25, 0.3) is 33.9 Å². The number of aliphatic carboxylic acids is 1. The Balaban J connectivity index is 1.18. The van der Waals surface area contributed by atoms with Gasteiger partial charge in [-0.3, -0.25) is 14.7 Å². The molecule has 0 aromatic carbocycles. The maximum atomic E-state index is 14.2. The number of carboxylic acid groups (broad SMARTS) is 1. The van der Waals surface area contributed by atoms with Crippen molar-refractivity contribution in [3.05, 3.63) is 42.0 Å². The summed E-state index contributed by atoms with van der Waals surface area (Å²) < 4.78 is 48.2. The first-order valence-electron chi connectivity index (χ1n) is 17.6. The zero-order valence-corrected chi connectivity index (χ0v) is 29.2. The number of hydrogen-bond acceptors (Lipinski definition) is 10. The molecule has 1 aliphatic heterocycles. The van der Waals surface area contributed by atoms with Crippen LogP contribution in [0.1, 0.15) is 69.0 Å². The van der Waals surface area contributed by atoms with Crippen LogP contribution in [0.4, 0.5) is 24.7 Å². The largest absolute Gasteiger partial charge is 0.481 e. The van der Waals surface area contributed by atoms with Crippen LogP contribution in [0.5, 0.6) is 0 Å². The predicted molar refractivity (Wildman–Crippen MR) is 187 cm³/mol. The summed E-state index contributed by atoms with van der Waals surface area (Å²) in [6, 6.07) is 3.22. The van der Waals surface area contributed by atoms with Crippen LogP contribution in [0, 0.1) is 5.41 Å². The van der Waals surface area contributed by atoms with Gasteiger partial charge >= 0.3 is 12.1 Å². The van der Waals surface area contributed by atoms with Gasteiger partial charge in [0, 0.05) is 75.9 Å². The fraction of sp³-hybridized carbons (Fsp3) is 0.556. The van der Waals surface area contributed by atoms with Crippen LogP contribution in [0.2, 0.25) is 0 Å². The third-order valence-electron chi connectivity index (χ3n) is 10.6. The predicted octanol–water partition coefficient (Wildman–Crippen LogP) is 6.00. The van der Waals surface area contributed by atoms with Crippen LogP contribution >= 0.6 is 0 Å². The summed E-state index contributed by atoms with van der Waals surface area (Å²) in [5, 5.41) is 8.98. The maximum Gasteiger partial charge on any atom is 0.418 e. The highest BCUT2D eigenvalue weighted by atomic mass is 19.4. The van der Waals surface area contributed by atoms with Crippen molar-refractivity contribution in [3.8, 4) is 22.8 Å². The number of halogens is 3. The van der Waals surface area contributed by atoms with Crippen LogP contribution in [0.15, 0.2) is 30.7 Å². The molecule has 0 unspecified atom stereocenters. The van der Waals surface area contributed by atoms with E-state index >= 15 is 0 Å². The van der Waals surface area contributed by atoms with E-state index < -0.39 is 17.7 Å². The molecule has 7 rings (SSSR count). The Morgan fingerprint density at radius 3 is 2.53 bits per heavy atom. The normalized spacial score (nSPS) is 19.3. The molecule has 0 radical (unpaired) electrons. The van der Waals surface area contributed by atoms with E-state index in [-0.39, 0.29) is 35.1 Å². The van der Waals surface area contributed by atoms with Crippen LogP contribution < -0.4 is 9.80 Å². The fourth-order valence-electron chi connectivity index (χ4n) is 7.56. The highest BCUT2D eigenvalue weighted by Gasteiger charge is 2.40. The van der Waals surface area contributed by atoms with E-state index in [4.69, 9.17) is 29.8 Å². The minimum atomic E-state index is -4.53. The number of aromatic amines is 1. The Morgan fingerprint density at radius 1 is 1.10 bits per heavy atom. The molecule has 0 amide bonds. The second-order valence-electron chi connectivity index (χ2n) is 14.5. The molecule has 1 saturated heterocycles. The smallest absolute Gasteiger partial charge is 0.418 e. The second kappa shape index (κ2) is 14.0. The first-order valence-corrected chi connectivity index (χ1v) is 17.6. The Hall–Kier alpha value is -4.37. The topological polar surface area (TPSA) is 136 Å². The van der Waals surface area contributed by atoms with Crippen LogP contribution in [-0.4, -0.2) is 105 Å². The SMILES string of the molecule is COCC1(CN(C)c2cc(-c3cnc(C4CC4)c(C(F)(F)F)c3)nc3nc(-c4cnc(N5CCN(CCCC(=O)O)[C@@H](C)C5)cn4)[nH]c23)CCC1. The van der Waals surface area contributed by atoms with E-state index in [1.54, 1.807) is 19.5 Å². The van der Waals surface area contributed by atoms with Crippen molar-refractivity contribution in [2.45, 2.75) is 70.0 Å². The third-order valence-corrected chi connectivity index (χ3v) is 10.6. The zero-order valence-electron chi connectivity index (χ0n) is 29.2. The van der Waals surface area contributed by atoms with Gasteiger partial charge in [-0.1, -0.05) is 6.42 Å². The number of pyridine rings is 2. The van der Waals surface area contributed by atoms with Gasteiger partial charge < -0.3 is 24.6 Å². The molecular formula is C36H44F3N9O3. The van der Waals surface area contributed by atoms with E-state index in [1.165, 1.54) is 12.3 Å². The molecule has 15 heteroatoms. The number of piperazine rings is 1. The summed E-state index contributed by atoms with van der Waals surface area (Å²) in [5.41, 5.74) is 2.30. The number of imidazole rings is 1. The van der Waals surface area contributed by atoms with Gasteiger partial charge in [0.1, 0.15) is 17.0 Å². The van der Waals surface area contributed by atoms with Gasteiger partial charge in [-0.25, -0.2) is 19.9 Å². The molecule has 3 aliphatic rings. The number of hydrogen-bond donors (Lipinski definition) is 2. The molecular weight excluding hydrogens is 663 g/mol. The van der Waals surface area contributed by atoms with Gasteiger partial charge in [-0.05, 0) is 57.7 Å². The summed E-state index contributed by atoms with van der Waals surface area (Å²) in [6.07, 6.45) is 5.74. The number of nitrogens with one attached hydrogen (secondary N) is 1. The lowest BCUT2D eigenvalue weighted by atomic mass is 9.69. The minimum Gasteiger partial charge on any atom is -0.481 e. The minimum absolute atomic E-state index is 0.0121. The van der Waals surface area contributed by atoms with Crippen molar-refractivity contribution in [2.75, 3.05) is 63.3 Å². The van der Waals surface area contributed by atoms with Crippen LogP contribution in [0.3, 0.4) is 0 Å². The molecule has 272 valence electrons. The standard InChI is InChI=1S/C36H44F3N9O3/c1-22-19-48(13-12-47(22)11-4-6-30(49)50)29-18-40-27(17-41-29)33-44-32-28(46(2)20-35(21-51-3)9-5-10-35)15-26(43-34(32)45-33)24-14-25(36(37,38)39)31(42-16-24)23-7-8-23/h14-18,22-23H,4-13,19-21H2,1-3H3,(H,49,50)(H,43,44,45)/t22-/m0/s1. The molecule has 1 atom stereocenters. The number of rotatable bonds is 13. The Bertz CT molecular complexity index is 1880. The molecule has 0 spiro atoms. The maximum absolute atomic E-state index is 14.2. The molecule has 5 heterocycles. The van der Waals surface area contributed by atoms with E-state index in [2.05, 4.69) is 31.6 Å². The third kappa shape index (κ3) is 7.50. The zero-order chi connectivity index (χ0) is 35.9. The quantitative estimate of drug-likeness (QED) is 0.169. The number of nitrogens with zero attached hydrogens (tertiary/aromatic N) is 8. The number of carbonyl (C=O) groups is 1. The highest BCUT2D eigenvalue weighted by molar-refractivity contribution is 5.91. The van der Waals surface area contributed by atoms with Gasteiger partial charge in [0.25, 0.3) is 0 Å². The number of methoxy groups -OCH3 is 1. The van der Waals surface area contributed by atoms with Crippen molar-refractivity contribution in [1.29, 1.82) is 0 Å². The number of carboxylic acids is 1. The Kier molecular flexibility index (Phi) is 9.61. The lowest BCUT2D eigenvalue weighted by Gasteiger charge is -2.44. The molecule has 12 nitrogen and oxygen atoms in total. The average Bonchev–Trinajstić information content (AvgIpc) is 3.84. The molecule has 0 bridgehead atoms. The van der Waals surface area contributed by atoms with E-state index in [1.807, 2.05) is 13.1 Å². The number of H-pyrrole nitrogens is 1. The van der Waals surface area contributed by atoms with E-state index in [0.29, 0.717) is 60.8 Å². The fourth-order valence-corrected chi connectivity index (χ4v) is 7.56. The summed E-state index contributed by atoms with van der Waals surface area (Å²) in [5.74, 6) is 0.254. The van der Waals surface area contributed by atoms with Crippen molar-refractivity contribution >= 4 is 28.6 Å². The first kappa shape index (κ1) is 35.1. The monoisotopic (exact) mass is 707 g/mol. The number of alkyl halides is 3. The lowest BCUT2D eigenvalue weighted by Crippen LogP contribution is -2.52. The molecule has 51 heavy (non-hydrogen) atoms. The molecule has 2 saturated carbocycles. The van der Waals surface area contributed by atoms with E-state index in [0.717, 1.165) is 56.9 Å². The first-order chi connectivity index (χ1) is 24.4. The summed E-state index contributed by atoms with van der Waals surface area (Å²) in [7, 11) is 3.68. The van der Waals surface area contributed by atoms with Crippen molar-refractivity contribution in [1.82, 2.24) is 34.8 Å². The van der Waals surface area contributed by atoms with E-state index in [9.17, 15) is 18.0 Å². The summed E-state index contributed by atoms with van der Waals surface area (Å²) in [4.78, 5) is 44.2. The Morgan fingerprint density at radius 2 is 1.90 bits per heavy atom. The molecule has 2 aliphatic carbocycles. The van der Waals surface area contributed by atoms with Crippen molar-refractivity contribution in [3.63, 3.8) is 0 Å². The molecule has 4 aromatic rings. The molecule has 3 fully saturated rings. The van der Waals surface area contributed by atoms with Gasteiger partial charge in [0.05, 0.1) is 41.6 Å². The summed E-state index contributed by atoms with van der Waals surface area (Å²) in [6.45, 7) is 6.47. The second-order valence-corrected chi connectivity index (χ2v) is 14.5. The van der Waals surface area contributed by atoms with Gasteiger partial charge in [-0.2, -0.15) is 13.2 Å². The molecule has 2 N–H and O–H groups in total. The number of aromatic nitrogens is 6. The van der Waals surface area contributed by atoms with Crippen molar-refractivity contribution < 1.29 is 27.8 Å². The number of fused-ring (bicyclic) bond motifs is 1. The number of anilines is 2.